The minimum absolute atomic E-state index is 0.00634. The number of nitrogens with one attached hydrogen (secondary N) is 1. The Kier molecular flexibility index (Phi) is 5.28. The highest BCUT2D eigenvalue weighted by Crippen LogP contribution is 2.06. The van der Waals surface area contributed by atoms with Gasteiger partial charge in [-0.15, -0.1) is 0 Å². The van der Waals surface area contributed by atoms with Crippen LogP contribution < -0.4 is 5.43 Å². The Labute approximate surface area is 72.9 Å². The molecule has 0 aromatic carbocycles. The SMILES string of the molecule is CNN(C)C(=O)CC(C)CC=O. The van der Waals surface area contributed by atoms with Crippen LogP contribution in [-0.4, -0.2) is 31.3 Å². The summed E-state index contributed by atoms with van der Waals surface area (Å²) in [6.07, 6.45) is 1.71. The van der Waals surface area contributed by atoms with E-state index in [9.17, 15) is 9.59 Å². The van der Waals surface area contributed by atoms with Crippen molar-refractivity contribution in [2.45, 2.75) is 19.8 Å². The van der Waals surface area contributed by atoms with E-state index in [1.54, 1.807) is 14.1 Å². The average molecular weight is 172 g/mol. The van der Waals surface area contributed by atoms with Crippen molar-refractivity contribution in [1.82, 2.24) is 10.4 Å². The van der Waals surface area contributed by atoms with Gasteiger partial charge >= 0.3 is 0 Å². The molecule has 0 radical (unpaired) electrons. The molecular weight excluding hydrogens is 156 g/mol. The van der Waals surface area contributed by atoms with Crippen LogP contribution in [0.3, 0.4) is 0 Å². The fourth-order valence-corrected chi connectivity index (χ4v) is 0.807. The minimum atomic E-state index is 0.00634. The third-order valence-corrected chi connectivity index (χ3v) is 1.73. The number of carbonyl (C=O) groups is 2. The zero-order valence-electron chi connectivity index (χ0n) is 7.83. The fourth-order valence-electron chi connectivity index (χ4n) is 0.807. The van der Waals surface area contributed by atoms with E-state index in [-0.39, 0.29) is 11.8 Å². The van der Waals surface area contributed by atoms with Crippen LogP contribution in [0.4, 0.5) is 0 Å². The van der Waals surface area contributed by atoms with Crippen LogP contribution in [-0.2, 0) is 9.59 Å². The number of aldehydes is 1. The number of hydrazine groups is 1. The predicted octanol–water partition coefficient (Wildman–Crippen LogP) is 0.194. The van der Waals surface area contributed by atoms with Gasteiger partial charge < -0.3 is 4.79 Å². The molecule has 0 fully saturated rings. The average Bonchev–Trinajstić information content (AvgIpc) is 2.03. The molecule has 1 atom stereocenters. The van der Waals surface area contributed by atoms with Crippen LogP contribution in [0.2, 0.25) is 0 Å². The summed E-state index contributed by atoms with van der Waals surface area (Å²) >= 11 is 0. The molecule has 0 aromatic heterocycles. The smallest absolute Gasteiger partial charge is 0.236 e. The lowest BCUT2D eigenvalue weighted by Crippen LogP contribution is -2.37. The first-order valence-electron chi connectivity index (χ1n) is 3.99. The number of hydrogen-bond acceptors (Lipinski definition) is 3. The summed E-state index contributed by atoms with van der Waals surface area (Å²) in [6, 6.07) is 0. The summed E-state index contributed by atoms with van der Waals surface area (Å²) in [7, 11) is 3.35. The standard InChI is InChI=1S/C8H16N2O2/c1-7(4-5-11)6-8(12)10(3)9-2/h5,7,9H,4,6H2,1-3H3. The van der Waals surface area contributed by atoms with Crippen LogP contribution in [0.1, 0.15) is 19.8 Å². The van der Waals surface area contributed by atoms with Crippen LogP contribution in [0.25, 0.3) is 0 Å². The first kappa shape index (κ1) is 11.1. The van der Waals surface area contributed by atoms with Crippen molar-refractivity contribution < 1.29 is 9.59 Å². The zero-order chi connectivity index (χ0) is 9.56. The van der Waals surface area contributed by atoms with Crippen molar-refractivity contribution in [3.05, 3.63) is 0 Å². The molecule has 1 N–H and O–H groups in total. The second-order valence-corrected chi connectivity index (χ2v) is 2.89. The highest BCUT2D eigenvalue weighted by atomic mass is 16.2. The highest BCUT2D eigenvalue weighted by molar-refractivity contribution is 5.75. The number of amides is 1. The molecule has 0 saturated heterocycles. The molecule has 0 aliphatic carbocycles. The van der Waals surface area contributed by atoms with Crippen molar-refractivity contribution in [2.75, 3.05) is 14.1 Å². The van der Waals surface area contributed by atoms with Gasteiger partial charge in [0.05, 0.1) is 0 Å². The van der Waals surface area contributed by atoms with Crippen molar-refractivity contribution in [3.8, 4) is 0 Å². The van der Waals surface area contributed by atoms with E-state index in [4.69, 9.17) is 0 Å². The summed E-state index contributed by atoms with van der Waals surface area (Å²) in [5.74, 6) is 0.137. The molecule has 1 amide bonds. The predicted molar refractivity (Wildman–Crippen MR) is 46.3 cm³/mol. The van der Waals surface area contributed by atoms with E-state index < -0.39 is 0 Å². The molecule has 0 aliphatic heterocycles. The van der Waals surface area contributed by atoms with Gasteiger partial charge in [-0.25, -0.2) is 5.43 Å². The van der Waals surface area contributed by atoms with Gasteiger partial charge in [-0.2, -0.15) is 0 Å². The van der Waals surface area contributed by atoms with E-state index >= 15 is 0 Å². The molecule has 0 aromatic rings. The second kappa shape index (κ2) is 5.71. The normalized spacial score (nSPS) is 12.2. The Balaban J connectivity index is 3.75. The van der Waals surface area contributed by atoms with E-state index in [0.29, 0.717) is 12.8 Å². The quantitative estimate of drug-likeness (QED) is 0.476. The molecule has 0 aliphatic rings. The van der Waals surface area contributed by atoms with E-state index in [0.717, 1.165) is 6.29 Å². The number of hydrogen-bond donors (Lipinski definition) is 1. The Morgan fingerprint density at radius 3 is 2.67 bits per heavy atom. The van der Waals surface area contributed by atoms with Gasteiger partial charge in [-0.3, -0.25) is 9.80 Å². The topological polar surface area (TPSA) is 49.4 Å². The zero-order valence-corrected chi connectivity index (χ0v) is 7.83. The lowest BCUT2D eigenvalue weighted by Gasteiger charge is -2.16. The van der Waals surface area contributed by atoms with E-state index in [2.05, 4.69) is 5.43 Å². The van der Waals surface area contributed by atoms with Crippen LogP contribution in [0.5, 0.6) is 0 Å². The van der Waals surface area contributed by atoms with Crippen LogP contribution in [0.15, 0.2) is 0 Å². The van der Waals surface area contributed by atoms with Gasteiger partial charge in [0.2, 0.25) is 5.91 Å². The monoisotopic (exact) mass is 172 g/mol. The number of nitrogens with zero attached hydrogens (tertiary/aromatic N) is 1. The fraction of sp³-hybridized carbons (Fsp3) is 0.750. The molecule has 0 rings (SSSR count). The first-order valence-corrected chi connectivity index (χ1v) is 3.99. The Bertz CT molecular complexity index is 159. The summed E-state index contributed by atoms with van der Waals surface area (Å²) in [5.41, 5.74) is 2.71. The molecule has 0 bridgehead atoms. The van der Waals surface area contributed by atoms with Crippen LogP contribution in [0, 0.1) is 5.92 Å². The number of rotatable bonds is 5. The molecular formula is C8H16N2O2. The van der Waals surface area contributed by atoms with Gasteiger partial charge in [0.25, 0.3) is 0 Å². The van der Waals surface area contributed by atoms with Crippen molar-refractivity contribution in [2.24, 2.45) is 5.92 Å². The Morgan fingerprint density at radius 1 is 1.67 bits per heavy atom. The summed E-state index contributed by atoms with van der Waals surface area (Å²) in [5, 5.41) is 1.42. The molecule has 4 nitrogen and oxygen atoms in total. The second-order valence-electron chi connectivity index (χ2n) is 2.89. The van der Waals surface area contributed by atoms with Crippen molar-refractivity contribution in [3.63, 3.8) is 0 Å². The third-order valence-electron chi connectivity index (χ3n) is 1.73. The van der Waals surface area contributed by atoms with Gasteiger partial charge in [-0.1, -0.05) is 6.92 Å². The maximum Gasteiger partial charge on any atom is 0.236 e. The van der Waals surface area contributed by atoms with Gasteiger partial charge in [0, 0.05) is 26.9 Å². The highest BCUT2D eigenvalue weighted by Gasteiger charge is 2.11. The molecule has 70 valence electrons. The van der Waals surface area contributed by atoms with Gasteiger partial charge in [0.1, 0.15) is 6.29 Å². The van der Waals surface area contributed by atoms with Gasteiger partial charge in [-0.05, 0) is 5.92 Å². The molecule has 0 saturated carbocycles. The molecule has 12 heavy (non-hydrogen) atoms. The van der Waals surface area contributed by atoms with Crippen molar-refractivity contribution in [1.29, 1.82) is 0 Å². The summed E-state index contributed by atoms with van der Waals surface area (Å²) in [6.45, 7) is 1.88. The lowest BCUT2D eigenvalue weighted by atomic mass is 10.0. The molecule has 0 spiro atoms. The largest absolute Gasteiger partial charge is 0.303 e. The third kappa shape index (κ3) is 4.08. The lowest BCUT2D eigenvalue weighted by molar-refractivity contribution is -0.133. The van der Waals surface area contributed by atoms with Crippen LogP contribution >= 0.6 is 0 Å². The van der Waals surface area contributed by atoms with Gasteiger partial charge in [0.15, 0.2) is 0 Å². The first-order chi connectivity index (χ1) is 5.61. The maximum absolute atomic E-state index is 11.2. The maximum atomic E-state index is 11.2. The summed E-state index contributed by atoms with van der Waals surface area (Å²) in [4.78, 5) is 21.3. The minimum Gasteiger partial charge on any atom is -0.303 e. The summed E-state index contributed by atoms with van der Waals surface area (Å²) < 4.78 is 0. The van der Waals surface area contributed by atoms with E-state index in [1.165, 1.54) is 5.01 Å². The number of carbonyl (C=O) groups excluding carboxylic acids is 2. The molecule has 4 heteroatoms. The molecule has 1 unspecified atom stereocenters. The Morgan fingerprint density at radius 2 is 2.25 bits per heavy atom. The van der Waals surface area contributed by atoms with E-state index in [1.807, 2.05) is 6.92 Å². The Hall–Kier alpha value is -0.900. The van der Waals surface area contributed by atoms with Crippen molar-refractivity contribution >= 4 is 12.2 Å². The molecule has 0 heterocycles.